The molecule has 2 aromatic rings. The second-order valence-electron chi connectivity index (χ2n) is 7.70. The number of nitrogens with zero attached hydrogens (tertiary/aromatic N) is 1. The molecule has 7 heteroatoms. The molecule has 0 saturated carbocycles. The van der Waals surface area contributed by atoms with Gasteiger partial charge in [0.15, 0.2) is 15.9 Å². The van der Waals surface area contributed by atoms with Gasteiger partial charge < -0.3 is 9.64 Å². The Morgan fingerprint density at radius 3 is 2.45 bits per heavy atom. The van der Waals surface area contributed by atoms with E-state index in [1.807, 2.05) is 32.0 Å². The van der Waals surface area contributed by atoms with Crippen LogP contribution in [0.1, 0.15) is 30.0 Å². The molecule has 2 aromatic carbocycles. The summed E-state index contributed by atoms with van der Waals surface area (Å²) in [5.41, 5.74) is 2.39. The second-order valence-corrected chi connectivity index (χ2v) is 9.93. The van der Waals surface area contributed by atoms with Crippen molar-refractivity contribution < 1.29 is 22.3 Å². The van der Waals surface area contributed by atoms with Crippen molar-refractivity contribution in [1.82, 2.24) is 4.90 Å². The van der Waals surface area contributed by atoms with E-state index in [1.165, 1.54) is 11.0 Å². The monoisotopic (exact) mass is 419 g/mol. The summed E-state index contributed by atoms with van der Waals surface area (Å²) in [5.74, 6) is -0.272. The Morgan fingerprint density at radius 1 is 1.21 bits per heavy atom. The summed E-state index contributed by atoms with van der Waals surface area (Å²) in [4.78, 5) is 14.7. The number of hydrogen-bond donors (Lipinski definition) is 0. The maximum Gasteiger partial charge on any atom is 0.263 e. The van der Waals surface area contributed by atoms with E-state index in [4.69, 9.17) is 4.74 Å². The number of amides is 1. The third-order valence-electron chi connectivity index (χ3n) is 5.09. The van der Waals surface area contributed by atoms with Gasteiger partial charge in [-0.15, -0.1) is 0 Å². The summed E-state index contributed by atoms with van der Waals surface area (Å²) in [6.45, 7) is 5.53. The molecule has 5 nitrogen and oxygen atoms in total. The van der Waals surface area contributed by atoms with Gasteiger partial charge in [0.2, 0.25) is 0 Å². The fourth-order valence-corrected chi connectivity index (χ4v) is 5.44. The maximum absolute atomic E-state index is 14.2. The molecule has 1 aliphatic rings. The molecule has 0 radical (unpaired) electrons. The highest BCUT2D eigenvalue weighted by Gasteiger charge is 2.37. The van der Waals surface area contributed by atoms with Gasteiger partial charge in [0.25, 0.3) is 5.91 Å². The summed E-state index contributed by atoms with van der Waals surface area (Å²) >= 11 is 0. The van der Waals surface area contributed by atoms with Gasteiger partial charge in [-0.25, -0.2) is 12.8 Å². The third kappa shape index (κ3) is 5.35. The van der Waals surface area contributed by atoms with Crippen LogP contribution in [0.3, 0.4) is 0 Å². The van der Waals surface area contributed by atoms with Crippen molar-refractivity contribution in [2.24, 2.45) is 0 Å². The van der Waals surface area contributed by atoms with E-state index in [2.05, 4.69) is 0 Å². The van der Waals surface area contributed by atoms with Gasteiger partial charge in [-0.2, -0.15) is 0 Å². The molecule has 1 fully saturated rings. The standard InChI is InChI=1S/C22H26FNO4S/c1-15-10-16(2)12-20(11-15)28-17(3)22(25)24(19-8-9-29(26,27)14-19)13-18-6-4-5-7-21(18)23/h4-7,10-12,17,19H,8-9,13-14H2,1-3H3/t17-,19-/m0/s1. The molecule has 0 bridgehead atoms. The van der Waals surface area contributed by atoms with E-state index < -0.39 is 27.8 Å². The molecule has 1 aliphatic heterocycles. The van der Waals surface area contributed by atoms with Gasteiger partial charge in [-0.1, -0.05) is 24.3 Å². The smallest absolute Gasteiger partial charge is 0.263 e. The first kappa shape index (κ1) is 21.3. The largest absolute Gasteiger partial charge is 0.481 e. The molecule has 1 amide bonds. The molecule has 0 aliphatic carbocycles. The SMILES string of the molecule is Cc1cc(C)cc(O[C@@H](C)C(=O)N(Cc2ccccc2F)[C@H]2CCS(=O)(=O)C2)c1. The van der Waals surface area contributed by atoms with Crippen LogP contribution in [0.5, 0.6) is 5.75 Å². The molecule has 2 atom stereocenters. The number of benzene rings is 2. The Balaban J connectivity index is 1.84. The van der Waals surface area contributed by atoms with E-state index in [9.17, 15) is 17.6 Å². The fourth-order valence-electron chi connectivity index (χ4n) is 3.71. The van der Waals surface area contributed by atoms with Crippen LogP contribution < -0.4 is 4.74 Å². The number of carbonyl (C=O) groups excluding carboxylic acids is 1. The van der Waals surface area contributed by atoms with E-state index in [0.717, 1.165) is 11.1 Å². The zero-order valence-corrected chi connectivity index (χ0v) is 17.7. The Hall–Kier alpha value is -2.41. The van der Waals surface area contributed by atoms with Gasteiger partial charge in [0.05, 0.1) is 11.5 Å². The van der Waals surface area contributed by atoms with Crippen LogP contribution in [-0.2, 0) is 21.2 Å². The highest BCUT2D eigenvalue weighted by Crippen LogP contribution is 2.24. The molecule has 1 saturated heterocycles. The summed E-state index contributed by atoms with van der Waals surface area (Å²) < 4.78 is 44.0. The van der Waals surface area contributed by atoms with E-state index in [1.54, 1.807) is 25.1 Å². The minimum absolute atomic E-state index is 0.00619. The number of aryl methyl sites for hydroxylation is 2. The Labute approximate surface area is 171 Å². The first-order valence-corrected chi connectivity index (χ1v) is 11.5. The minimum atomic E-state index is -3.20. The van der Waals surface area contributed by atoms with Crippen LogP contribution in [0.25, 0.3) is 0 Å². The van der Waals surface area contributed by atoms with E-state index >= 15 is 0 Å². The Bertz CT molecular complexity index is 985. The summed E-state index contributed by atoms with van der Waals surface area (Å²) in [5, 5.41) is 0. The van der Waals surface area contributed by atoms with Crippen molar-refractivity contribution in [3.63, 3.8) is 0 Å². The quantitative estimate of drug-likeness (QED) is 0.720. The Kier molecular flexibility index (Phi) is 6.27. The second kappa shape index (κ2) is 8.53. The molecule has 3 rings (SSSR count). The molecule has 0 spiro atoms. The normalized spacial score (nSPS) is 19.0. The zero-order valence-electron chi connectivity index (χ0n) is 16.9. The van der Waals surface area contributed by atoms with Gasteiger partial charge in [0.1, 0.15) is 11.6 Å². The van der Waals surface area contributed by atoms with Gasteiger partial charge >= 0.3 is 0 Å². The first-order chi connectivity index (χ1) is 13.6. The zero-order chi connectivity index (χ0) is 21.2. The lowest BCUT2D eigenvalue weighted by Crippen LogP contribution is -2.46. The average molecular weight is 420 g/mol. The fraction of sp³-hybridized carbons (Fsp3) is 0.409. The lowest BCUT2D eigenvalue weighted by Gasteiger charge is -2.31. The van der Waals surface area contributed by atoms with Crippen molar-refractivity contribution in [2.75, 3.05) is 11.5 Å². The molecule has 0 unspecified atom stereocenters. The minimum Gasteiger partial charge on any atom is -0.481 e. The van der Waals surface area contributed by atoms with Crippen molar-refractivity contribution in [1.29, 1.82) is 0 Å². The molecule has 0 N–H and O–H groups in total. The lowest BCUT2D eigenvalue weighted by atomic mass is 10.1. The van der Waals surface area contributed by atoms with Crippen molar-refractivity contribution >= 4 is 15.7 Å². The number of rotatable bonds is 6. The van der Waals surface area contributed by atoms with E-state index in [0.29, 0.717) is 17.7 Å². The predicted octanol–water partition coefficient (Wildman–Crippen LogP) is 3.43. The number of halogens is 1. The van der Waals surface area contributed by atoms with Crippen LogP contribution in [0.2, 0.25) is 0 Å². The highest BCUT2D eigenvalue weighted by atomic mass is 32.2. The van der Waals surface area contributed by atoms with Crippen LogP contribution in [0.15, 0.2) is 42.5 Å². The first-order valence-electron chi connectivity index (χ1n) is 9.64. The van der Waals surface area contributed by atoms with Crippen LogP contribution in [-0.4, -0.2) is 42.9 Å². The molecular formula is C22H26FNO4S. The van der Waals surface area contributed by atoms with Crippen LogP contribution >= 0.6 is 0 Å². The van der Waals surface area contributed by atoms with Crippen molar-refractivity contribution in [2.45, 2.75) is 45.9 Å². The van der Waals surface area contributed by atoms with Crippen LogP contribution in [0, 0.1) is 19.7 Å². The summed E-state index contributed by atoms with van der Waals surface area (Å²) in [6.07, 6.45) is -0.481. The lowest BCUT2D eigenvalue weighted by molar-refractivity contribution is -0.140. The van der Waals surface area contributed by atoms with Gasteiger partial charge in [-0.3, -0.25) is 4.79 Å². The molecule has 1 heterocycles. The van der Waals surface area contributed by atoms with E-state index in [-0.39, 0.29) is 24.0 Å². The van der Waals surface area contributed by atoms with Crippen LogP contribution in [0.4, 0.5) is 4.39 Å². The molecular weight excluding hydrogens is 393 g/mol. The molecule has 29 heavy (non-hydrogen) atoms. The number of carbonyl (C=O) groups is 1. The van der Waals surface area contributed by atoms with Crippen molar-refractivity contribution in [3.05, 3.63) is 65.0 Å². The highest BCUT2D eigenvalue weighted by molar-refractivity contribution is 7.91. The number of sulfone groups is 1. The Morgan fingerprint density at radius 2 is 1.86 bits per heavy atom. The van der Waals surface area contributed by atoms with Gasteiger partial charge in [0, 0.05) is 18.2 Å². The predicted molar refractivity (Wildman–Crippen MR) is 110 cm³/mol. The number of hydrogen-bond acceptors (Lipinski definition) is 4. The summed E-state index contributed by atoms with van der Waals surface area (Å²) in [6, 6.07) is 11.4. The molecule has 0 aromatic heterocycles. The maximum atomic E-state index is 14.2. The average Bonchev–Trinajstić information content (AvgIpc) is 2.99. The van der Waals surface area contributed by atoms with Gasteiger partial charge in [-0.05, 0) is 56.5 Å². The molecule has 156 valence electrons. The van der Waals surface area contributed by atoms with Crippen molar-refractivity contribution in [3.8, 4) is 5.75 Å². The summed E-state index contributed by atoms with van der Waals surface area (Å²) in [7, 11) is -3.20. The topological polar surface area (TPSA) is 63.7 Å². The number of ether oxygens (including phenoxy) is 1. The third-order valence-corrected chi connectivity index (χ3v) is 6.84.